The number of aliphatic carboxylic acids is 1. The monoisotopic (exact) mass is 232 g/mol. The number of hydrogen-bond donors (Lipinski definition) is 1. The van der Waals surface area contributed by atoms with E-state index in [1.54, 1.807) is 0 Å². The van der Waals surface area contributed by atoms with Crippen LogP contribution in [-0.4, -0.2) is 23.0 Å². The maximum atomic E-state index is 12.7. The van der Waals surface area contributed by atoms with Gasteiger partial charge < -0.3 is 5.11 Å². The van der Waals surface area contributed by atoms with Gasteiger partial charge in [-0.25, -0.2) is 18.0 Å². The van der Waals surface area contributed by atoms with Gasteiger partial charge in [-0.05, 0) is 18.2 Å². The summed E-state index contributed by atoms with van der Waals surface area (Å²) in [5.41, 5.74) is -0.261. The van der Waals surface area contributed by atoms with E-state index in [1.165, 1.54) is 0 Å². The van der Waals surface area contributed by atoms with E-state index < -0.39 is 36.0 Å². The lowest BCUT2D eigenvalue weighted by molar-refractivity contribution is -0.142. The van der Waals surface area contributed by atoms with Gasteiger partial charge in [0.1, 0.15) is 0 Å². The van der Waals surface area contributed by atoms with Crippen LogP contribution in [0.2, 0.25) is 0 Å². The second kappa shape index (κ2) is 4.78. The van der Waals surface area contributed by atoms with Gasteiger partial charge in [-0.2, -0.15) is 0 Å². The molecule has 0 saturated carbocycles. The van der Waals surface area contributed by atoms with Gasteiger partial charge in [0, 0.05) is 5.56 Å². The first-order chi connectivity index (χ1) is 7.41. The van der Waals surface area contributed by atoms with Crippen LogP contribution in [0.15, 0.2) is 18.2 Å². The summed E-state index contributed by atoms with van der Waals surface area (Å²) in [6.07, 6.45) is -3.25. The van der Waals surface area contributed by atoms with Crippen molar-refractivity contribution in [3.05, 3.63) is 35.4 Å². The van der Waals surface area contributed by atoms with Crippen molar-refractivity contribution in [2.45, 2.75) is 12.6 Å². The minimum atomic E-state index is -2.35. The maximum absolute atomic E-state index is 12.7. The number of carbonyl (C=O) groups excluding carboxylic acids is 1. The highest BCUT2D eigenvalue weighted by atomic mass is 19.2. The third kappa shape index (κ3) is 2.82. The number of carboxylic acids is 1. The number of carbonyl (C=O) groups is 2. The molecule has 1 N–H and O–H groups in total. The van der Waals surface area contributed by atoms with Crippen LogP contribution in [0.4, 0.5) is 13.2 Å². The second-order valence-corrected chi connectivity index (χ2v) is 3.06. The number of alkyl halides is 1. The maximum Gasteiger partial charge on any atom is 0.338 e. The molecule has 0 aliphatic heterocycles. The Morgan fingerprint density at radius 2 is 1.88 bits per heavy atom. The SMILES string of the molecule is O=C(C[C@@H](F)C(=O)O)c1ccc(F)c(F)c1. The number of ketones is 1. The fraction of sp³-hybridized carbons (Fsp3) is 0.200. The summed E-state index contributed by atoms with van der Waals surface area (Å²) in [5.74, 6) is -5.03. The molecule has 0 aliphatic carbocycles. The largest absolute Gasteiger partial charge is 0.479 e. The number of benzene rings is 1. The van der Waals surface area contributed by atoms with E-state index in [9.17, 15) is 22.8 Å². The fourth-order valence-corrected chi connectivity index (χ4v) is 1.04. The summed E-state index contributed by atoms with van der Waals surface area (Å²) in [7, 11) is 0. The first-order valence-electron chi connectivity index (χ1n) is 4.27. The van der Waals surface area contributed by atoms with Crippen LogP contribution in [0.1, 0.15) is 16.8 Å². The summed E-state index contributed by atoms with van der Waals surface area (Å²) in [6.45, 7) is 0. The van der Waals surface area contributed by atoms with Gasteiger partial charge >= 0.3 is 5.97 Å². The van der Waals surface area contributed by atoms with E-state index >= 15 is 0 Å². The Bertz CT molecular complexity index is 431. The molecule has 1 aromatic rings. The average molecular weight is 232 g/mol. The molecule has 0 heterocycles. The van der Waals surface area contributed by atoms with Gasteiger partial charge in [0.2, 0.25) is 6.17 Å². The normalized spacial score (nSPS) is 12.2. The molecule has 6 heteroatoms. The molecule has 1 rings (SSSR count). The van der Waals surface area contributed by atoms with Crippen LogP contribution in [0, 0.1) is 11.6 Å². The highest BCUT2D eigenvalue weighted by molar-refractivity contribution is 5.98. The molecule has 0 radical (unpaired) electrons. The average Bonchev–Trinajstić information content (AvgIpc) is 2.21. The van der Waals surface area contributed by atoms with Gasteiger partial charge in [0.15, 0.2) is 17.4 Å². The van der Waals surface area contributed by atoms with Crippen LogP contribution in [-0.2, 0) is 4.79 Å². The smallest absolute Gasteiger partial charge is 0.338 e. The lowest BCUT2D eigenvalue weighted by Gasteiger charge is -2.03. The quantitative estimate of drug-likeness (QED) is 0.807. The minimum absolute atomic E-state index is 0.261. The van der Waals surface area contributed by atoms with Gasteiger partial charge in [0.05, 0.1) is 6.42 Å². The molecular formula is C10H7F3O3. The Balaban J connectivity index is 2.81. The molecule has 0 unspecified atom stereocenters. The van der Waals surface area contributed by atoms with Crippen molar-refractivity contribution in [2.75, 3.05) is 0 Å². The standard InChI is InChI=1S/C10H7F3O3/c11-6-2-1-5(3-7(6)12)9(14)4-8(13)10(15)16/h1-3,8H,4H2,(H,15,16)/t8-/m1/s1. The molecule has 0 spiro atoms. The third-order valence-corrected chi connectivity index (χ3v) is 1.87. The summed E-state index contributed by atoms with van der Waals surface area (Å²) >= 11 is 0. The molecule has 0 fully saturated rings. The lowest BCUT2D eigenvalue weighted by atomic mass is 10.1. The number of carboxylic acid groups (broad SMARTS) is 1. The van der Waals surface area contributed by atoms with E-state index in [0.717, 1.165) is 12.1 Å². The molecule has 86 valence electrons. The number of hydrogen-bond acceptors (Lipinski definition) is 2. The van der Waals surface area contributed by atoms with Crippen molar-refractivity contribution in [3.8, 4) is 0 Å². The predicted molar refractivity (Wildman–Crippen MR) is 47.8 cm³/mol. The number of Topliss-reactive ketones (excluding diaryl/α,β-unsaturated/α-hetero) is 1. The van der Waals surface area contributed by atoms with Crippen molar-refractivity contribution in [1.82, 2.24) is 0 Å². The van der Waals surface area contributed by atoms with Gasteiger partial charge in [0.25, 0.3) is 0 Å². The highest BCUT2D eigenvalue weighted by Gasteiger charge is 2.21. The molecule has 0 saturated heterocycles. The predicted octanol–water partition coefficient (Wildman–Crippen LogP) is 1.96. The summed E-state index contributed by atoms with van der Waals surface area (Å²) in [6, 6.07) is 2.29. The summed E-state index contributed by atoms with van der Waals surface area (Å²) < 4.78 is 37.8. The molecule has 0 amide bonds. The van der Waals surface area contributed by atoms with Gasteiger partial charge in [-0.3, -0.25) is 4.79 Å². The molecule has 0 bridgehead atoms. The number of rotatable bonds is 4. The van der Waals surface area contributed by atoms with Crippen molar-refractivity contribution in [1.29, 1.82) is 0 Å². The third-order valence-electron chi connectivity index (χ3n) is 1.87. The zero-order valence-electron chi connectivity index (χ0n) is 7.91. The van der Waals surface area contributed by atoms with Crippen molar-refractivity contribution in [3.63, 3.8) is 0 Å². The van der Waals surface area contributed by atoms with E-state index in [1.807, 2.05) is 0 Å². The van der Waals surface area contributed by atoms with Crippen molar-refractivity contribution < 1.29 is 27.9 Å². The van der Waals surface area contributed by atoms with E-state index in [2.05, 4.69) is 0 Å². The Morgan fingerprint density at radius 1 is 1.25 bits per heavy atom. The fourth-order valence-electron chi connectivity index (χ4n) is 1.04. The first kappa shape index (κ1) is 12.2. The molecule has 1 atom stereocenters. The van der Waals surface area contributed by atoms with Crippen LogP contribution >= 0.6 is 0 Å². The second-order valence-electron chi connectivity index (χ2n) is 3.06. The van der Waals surface area contributed by atoms with E-state index in [4.69, 9.17) is 5.11 Å². The van der Waals surface area contributed by atoms with Gasteiger partial charge in [-0.1, -0.05) is 0 Å². The van der Waals surface area contributed by atoms with Crippen LogP contribution in [0.5, 0.6) is 0 Å². The summed E-state index contributed by atoms with van der Waals surface area (Å²) in [4.78, 5) is 21.4. The summed E-state index contributed by atoms with van der Waals surface area (Å²) in [5, 5.41) is 8.22. The first-order valence-corrected chi connectivity index (χ1v) is 4.27. The van der Waals surface area contributed by atoms with Crippen LogP contribution < -0.4 is 0 Å². The number of halogens is 3. The van der Waals surface area contributed by atoms with Crippen molar-refractivity contribution in [2.24, 2.45) is 0 Å². The minimum Gasteiger partial charge on any atom is -0.479 e. The zero-order chi connectivity index (χ0) is 12.3. The molecule has 0 aromatic heterocycles. The topological polar surface area (TPSA) is 54.4 Å². The molecule has 16 heavy (non-hydrogen) atoms. The van der Waals surface area contributed by atoms with Gasteiger partial charge in [-0.15, -0.1) is 0 Å². The molecule has 1 aromatic carbocycles. The molecular weight excluding hydrogens is 225 g/mol. The lowest BCUT2D eigenvalue weighted by Crippen LogP contribution is -2.19. The van der Waals surface area contributed by atoms with Crippen LogP contribution in [0.3, 0.4) is 0 Å². The Hall–Kier alpha value is -1.85. The van der Waals surface area contributed by atoms with E-state index in [-0.39, 0.29) is 5.56 Å². The van der Waals surface area contributed by atoms with E-state index in [0.29, 0.717) is 6.07 Å². The highest BCUT2D eigenvalue weighted by Crippen LogP contribution is 2.12. The van der Waals surface area contributed by atoms with Crippen LogP contribution in [0.25, 0.3) is 0 Å². The Kier molecular flexibility index (Phi) is 3.65. The Labute approximate surface area is 88.5 Å². The Morgan fingerprint density at radius 3 is 2.38 bits per heavy atom. The molecule has 3 nitrogen and oxygen atoms in total. The van der Waals surface area contributed by atoms with Crippen molar-refractivity contribution >= 4 is 11.8 Å². The zero-order valence-corrected chi connectivity index (χ0v) is 7.91. The molecule has 0 aliphatic rings.